The van der Waals surface area contributed by atoms with Gasteiger partial charge in [-0.1, -0.05) is 0 Å². The van der Waals surface area contributed by atoms with Gasteiger partial charge in [0.05, 0.1) is 5.60 Å². The van der Waals surface area contributed by atoms with Gasteiger partial charge in [-0.3, -0.25) is 4.98 Å². The number of aromatic hydroxyl groups is 1. The van der Waals surface area contributed by atoms with Crippen molar-refractivity contribution >= 4 is 16.6 Å². The Kier molecular flexibility index (Phi) is 3.73. The molecule has 2 heterocycles. The number of benzene rings is 1. The number of hydrogen-bond donors (Lipinski definition) is 3. The van der Waals surface area contributed by atoms with Crippen LogP contribution < -0.4 is 5.32 Å². The largest absolute Gasteiger partial charge is 0.507 e. The summed E-state index contributed by atoms with van der Waals surface area (Å²) in [5.74, 6) is -2.16. The second-order valence-electron chi connectivity index (χ2n) is 6.85. The number of halogens is 2. The summed E-state index contributed by atoms with van der Waals surface area (Å²) in [4.78, 5) is 4.09. The monoisotopic (exact) mass is 358 g/mol. The topological polar surface area (TPSA) is 91.2 Å². The van der Waals surface area contributed by atoms with Gasteiger partial charge >= 0.3 is 0 Å². The van der Waals surface area contributed by atoms with Gasteiger partial charge in [0.15, 0.2) is 17.5 Å². The lowest BCUT2D eigenvalue weighted by molar-refractivity contribution is -0.0235. The lowest BCUT2D eigenvalue weighted by Gasteiger charge is -2.41. The van der Waals surface area contributed by atoms with Crippen LogP contribution in [0.5, 0.6) is 5.75 Å². The van der Waals surface area contributed by atoms with Crippen LogP contribution in [0.4, 0.5) is 14.6 Å². The zero-order chi connectivity index (χ0) is 18.5. The molecule has 2 aromatic heterocycles. The molecular weight excluding hydrogens is 342 g/mol. The van der Waals surface area contributed by atoms with Crippen LogP contribution in [0.15, 0.2) is 30.6 Å². The standard InChI is InChI=1S/C18H16F2N4O2/c1-18(26)6-9(7-18)22-17-12-8-21-3-2-10(12)16(23-24-17)11-4-13(19)14(20)5-15(11)25/h2-5,8-9,25-26H,6-7H2,1H3,(H,22,24). The third kappa shape index (κ3) is 2.82. The summed E-state index contributed by atoms with van der Waals surface area (Å²) in [6.45, 7) is 1.77. The quantitative estimate of drug-likeness (QED) is 0.667. The molecule has 0 bridgehead atoms. The molecule has 0 radical (unpaired) electrons. The van der Waals surface area contributed by atoms with Gasteiger partial charge in [-0.05, 0) is 31.9 Å². The molecule has 134 valence electrons. The van der Waals surface area contributed by atoms with Crippen LogP contribution in [-0.4, -0.2) is 37.0 Å². The average Bonchev–Trinajstić information content (AvgIpc) is 2.57. The highest BCUT2D eigenvalue weighted by atomic mass is 19.2. The molecule has 26 heavy (non-hydrogen) atoms. The van der Waals surface area contributed by atoms with Crippen molar-refractivity contribution in [2.24, 2.45) is 0 Å². The number of phenolic OH excluding ortho intramolecular Hbond substituents is 1. The molecule has 0 spiro atoms. The minimum Gasteiger partial charge on any atom is -0.507 e. The summed E-state index contributed by atoms with van der Waals surface area (Å²) >= 11 is 0. The first kappa shape index (κ1) is 16.6. The van der Waals surface area contributed by atoms with E-state index < -0.39 is 23.0 Å². The number of rotatable bonds is 3. The lowest BCUT2D eigenvalue weighted by Crippen LogP contribution is -2.48. The van der Waals surface area contributed by atoms with Gasteiger partial charge in [0, 0.05) is 40.8 Å². The number of aromatic nitrogens is 3. The molecule has 0 saturated heterocycles. The van der Waals surface area contributed by atoms with Gasteiger partial charge in [0.1, 0.15) is 11.4 Å². The number of fused-ring (bicyclic) bond motifs is 1. The first-order chi connectivity index (χ1) is 12.3. The molecule has 1 aliphatic rings. The molecule has 8 heteroatoms. The summed E-state index contributed by atoms with van der Waals surface area (Å²) in [7, 11) is 0. The lowest BCUT2D eigenvalue weighted by atomic mass is 9.77. The fourth-order valence-corrected chi connectivity index (χ4v) is 3.33. The molecular formula is C18H16F2N4O2. The predicted octanol–water partition coefficient (Wildman–Crippen LogP) is 3.00. The number of phenols is 1. The number of aliphatic hydroxyl groups is 1. The smallest absolute Gasteiger partial charge is 0.162 e. The molecule has 1 saturated carbocycles. The van der Waals surface area contributed by atoms with Crippen LogP contribution in [0.2, 0.25) is 0 Å². The molecule has 1 fully saturated rings. The fraction of sp³-hybridized carbons (Fsp3) is 0.278. The molecule has 0 aliphatic heterocycles. The van der Waals surface area contributed by atoms with Gasteiger partial charge in [-0.15, -0.1) is 10.2 Å². The van der Waals surface area contributed by atoms with Crippen LogP contribution in [0.25, 0.3) is 22.0 Å². The van der Waals surface area contributed by atoms with Crippen molar-refractivity contribution in [2.45, 2.75) is 31.4 Å². The Morgan fingerprint density at radius 2 is 1.88 bits per heavy atom. The zero-order valence-electron chi connectivity index (χ0n) is 13.9. The van der Waals surface area contributed by atoms with E-state index in [4.69, 9.17) is 0 Å². The number of nitrogens with one attached hydrogen (secondary N) is 1. The molecule has 1 aliphatic carbocycles. The van der Waals surface area contributed by atoms with E-state index in [0.717, 1.165) is 6.07 Å². The number of nitrogens with zero attached hydrogens (tertiary/aromatic N) is 3. The van der Waals surface area contributed by atoms with E-state index in [2.05, 4.69) is 20.5 Å². The summed E-state index contributed by atoms with van der Waals surface area (Å²) in [5, 5.41) is 32.6. The maximum Gasteiger partial charge on any atom is 0.162 e. The predicted molar refractivity (Wildman–Crippen MR) is 91.6 cm³/mol. The van der Waals surface area contributed by atoms with E-state index in [1.807, 2.05) is 0 Å². The highest BCUT2D eigenvalue weighted by Gasteiger charge is 2.38. The second kappa shape index (κ2) is 5.84. The maximum absolute atomic E-state index is 13.6. The third-order valence-corrected chi connectivity index (χ3v) is 4.59. The van der Waals surface area contributed by atoms with Crippen molar-refractivity contribution in [3.8, 4) is 17.0 Å². The van der Waals surface area contributed by atoms with Gasteiger partial charge in [-0.25, -0.2) is 8.78 Å². The molecule has 1 aromatic carbocycles. The van der Waals surface area contributed by atoms with E-state index in [1.54, 1.807) is 25.4 Å². The minimum atomic E-state index is -1.14. The van der Waals surface area contributed by atoms with Crippen LogP contribution in [-0.2, 0) is 0 Å². The number of hydrogen-bond acceptors (Lipinski definition) is 6. The molecule has 0 unspecified atom stereocenters. The van der Waals surface area contributed by atoms with Gasteiger partial charge < -0.3 is 15.5 Å². The zero-order valence-corrected chi connectivity index (χ0v) is 13.9. The Balaban J connectivity index is 1.79. The Hall–Kier alpha value is -2.87. The number of anilines is 1. The van der Waals surface area contributed by atoms with E-state index >= 15 is 0 Å². The van der Waals surface area contributed by atoms with Crippen LogP contribution in [0.3, 0.4) is 0 Å². The highest BCUT2D eigenvalue weighted by molar-refractivity contribution is 6.00. The van der Waals surface area contributed by atoms with Gasteiger partial charge in [0.25, 0.3) is 0 Å². The third-order valence-electron chi connectivity index (χ3n) is 4.59. The molecule has 3 aromatic rings. The normalized spacial score (nSPS) is 22.2. The summed E-state index contributed by atoms with van der Waals surface area (Å²) in [6, 6.07) is 3.33. The molecule has 4 rings (SSSR count). The molecule has 3 N–H and O–H groups in total. The molecule has 6 nitrogen and oxygen atoms in total. The van der Waals surface area contributed by atoms with Gasteiger partial charge in [0.2, 0.25) is 0 Å². The average molecular weight is 358 g/mol. The SMILES string of the molecule is CC1(O)CC(Nc2nnc(-c3cc(F)c(F)cc3O)c3ccncc23)C1. The van der Waals surface area contributed by atoms with Crippen molar-refractivity contribution in [1.29, 1.82) is 0 Å². The van der Waals surface area contributed by atoms with E-state index in [1.165, 1.54) is 0 Å². The van der Waals surface area contributed by atoms with Crippen LogP contribution in [0.1, 0.15) is 19.8 Å². The second-order valence-corrected chi connectivity index (χ2v) is 6.85. The van der Waals surface area contributed by atoms with E-state index in [0.29, 0.717) is 35.5 Å². The Labute approximate surface area is 147 Å². The van der Waals surface area contributed by atoms with Gasteiger partial charge in [-0.2, -0.15) is 0 Å². The van der Waals surface area contributed by atoms with Crippen molar-refractivity contribution < 1.29 is 19.0 Å². The first-order valence-electron chi connectivity index (χ1n) is 8.12. The number of pyridine rings is 1. The minimum absolute atomic E-state index is 0.0470. The Morgan fingerprint density at radius 1 is 1.15 bits per heavy atom. The summed E-state index contributed by atoms with van der Waals surface area (Å²) in [6.07, 6.45) is 4.30. The van der Waals surface area contributed by atoms with Crippen LogP contribution >= 0.6 is 0 Å². The van der Waals surface area contributed by atoms with Crippen molar-refractivity contribution in [2.75, 3.05) is 5.32 Å². The maximum atomic E-state index is 13.6. The Bertz CT molecular complexity index is 1000. The van der Waals surface area contributed by atoms with E-state index in [-0.39, 0.29) is 17.3 Å². The van der Waals surface area contributed by atoms with Crippen molar-refractivity contribution in [1.82, 2.24) is 15.2 Å². The molecule has 0 amide bonds. The fourth-order valence-electron chi connectivity index (χ4n) is 3.33. The van der Waals surface area contributed by atoms with Crippen LogP contribution in [0, 0.1) is 11.6 Å². The highest BCUT2D eigenvalue weighted by Crippen LogP contribution is 2.37. The summed E-state index contributed by atoms with van der Waals surface area (Å²) < 4.78 is 26.9. The van der Waals surface area contributed by atoms with Crippen molar-refractivity contribution in [3.63, 3.8) is 0 Å². The van der Waals surface area contributed by atoms with E-state index in [9.17, 15) is 19.0 Å². The molecule has 0 atom stereocenters. The first-order valence-corrected chi connectivity index (χ1v) is 8.12. The summed E-state index contributed by atoms with van der Waals surface area (Å²) in [5.41, 5.74) is -0.410. The van der Waals surface area contributed by atoms with Crippen molar-refractivity contribution in [3.05, 3.63) is 42.2 Å². The Morgan fingerprint density at radius 3 is 2.62 bits per heavy atom.